The highest BCUT2D eigenvalue weighted by atomic mass is 127. The number of rotatable bonds is 2. The van der Waals surface area contributed by atoms with Crippen LogP contribution in [-0.2, 0) is 0 Å². The highest BCUT2D eigenvalue weighted by Gasteiger charge is 2.17. The molecule has 1 fully saturated rings. The summed E-state index contributed by atoms with van der Waals surface area (Å²) in [5.41, 5.74) is 7.87. The number of nitrogen functional groups attached to an aromatic ring is 1. The second kappa shape index (κ2) is 6.15. The molecule has 1 saturated heterocycles. The van der Waals surface area contributed by atoms with Crippen LogP contribution in [0.3, 0.4) is 0 Å². The standard InChI is InChI=1S/C15H18IN5/c1-20-5-7-21(8-6-20)14-10-13(18-15(17)19-14)11-3-2-4-12(16)9-11/h2-4,9-10H,5-8H2,1H3,(H2,17,18,19). The van der Waals surface area contributed by atoms with E-state index in [1.54, 1.807) is 0 Å². The third-order valence-corrected chi connectivity index (χ3v) is 4.35. The predicted octanol–water partition coefficient (Wildman–Crippen LogP) is 2.08. The van der Waals surface area contributed by atoms with Crippen LogP contribution < -0.4 is 10.6 Å². The summed E-state index contributed by atoms with van der Waals surface area (Å²) >= 11 is 2.30. The van der Waals surface area contributed by atoms with Crippen molar-refractivity contribution in [3.05, 3.63) is 33.9 Å². The molecule has 5 nitrogen and oxygen atoms in total. The number of aromatic nitrogens is 2. The van der Waals surface area contributed by atoms with Crippen LogP contribution in [0.5, 0.6) is 0 Å². The number of piperazine rings is 1. The summed E-state index contributed by atoms with van der Waals surface area (Å²) in [6.45, 7) is 4.03. The molecule has 0 amide bonds. The van der Waals surface area contributed by atoms with Gasteiger partial charge >= 0.3 is 0 Å². The Morgan fingerprint density at radius 1 is 1.10 bits per heavy atom. The maximum Gasteiger partial charge on any atom is 0.222 e. The maximum absolute atomic E-state index is 5.91. The zero-order chi connectivity index (χ0) is 14.8. The Kier molecular flexibility index (Phi) is 4.25. The Morgan fingerprint density at radius 3 is 2.57 bits per heavy atom. The lowest BCUT2D eigenvalue weighted by Crippen LogP contribution is -2.44. The molecule has 0 radical (unpaired) electrons. The van der Waals surface area contributed by atoms with Gasteiger partial charge in [0.25, 0.3) is 0 Å². The first-order valence-corrected chi connectivity index (χ1v) is 8.04. The van der Waals surface area contributed by atoms with Crippen molar-refractivity contribution in [2.24, 2.45) is 0 Å². The van der Waals surface area contributed by atoms with E-state index in [0.29, 0.717) is 5.95 Å². The van der Waals surface area contributed by atoms with E-state index in [2.05, 4.69) is 67.6 Å². The number of benzene rings is 1. The SMILES string of the molecule is CN1CCN(c2cc(-c3cccc(I)c3)nc(N)n2)CC1. The third-order valence-electron chi connectivity index (χ3n) is 3.68. The van der Waals surface area contributed by atoms with E-state index >= 15 is 0 Å². The van der Waals surface area contributed by atoms with Crippen LogP contribution in [0.25, 0.3) is 11.3 Å². The van der Waals surface area contributed by atoms with Gasteiger partial charge in [0, 0.05) is 41.4 Å². The van der Waals surface area contributed by atoms with Crippen LogP contribution in [-0.4, -0.2) is 48.1 Å². The van der Waals surface area contributed by atoms with Gasteiger partial charge in [-0.25, -0.2) is 4.98 Å². The highest BCUT2D eigenvalue weighted by molar-refractivity contribution is 14.1. The molecule has 2 N–H and O–H groups in total. The zero-order valence-corrected chi connectivity index (χ0v) is 14.1. The molecule has 0 spiro atoms. The quantitative estimate of drug-likeness (QED) is 0.790. The Labute approximate surface area is 138 Å². The average Bonchev–Trinajstić information content (AvgIpc) is 2.47. The van der Waals surface area contributed by atoms with Crippen LogP contribution in [0.2, 0.25) is 0 Å². The summed E-state index contributed by atoms with van der Waals surface area (Å²) in [7, 11) is 2.14. The topological polar surface area (TPSA) is 58.3 Å². The van der Waals surface area contributed by atoms with E-state index in [0.717, 1.165) is 43.3 Å². The van der Waals surface area contributed by atoms with Crippen molar-refractivity contribution in [1.29, 1.82) is 0 Å². The van der Waals surface area contributed by atoms with E-state index in [1.807, 2.05) is 12.1 Å². The smallest absolute Gasteiger partial charge is 0.222 e. The monoisotopic (exact) mass is 395 g/mol. The molecule has 6 heteroatoms. The first-order valence-electron chi connectivity index (χ1n) is 6.96. The Morgan fingerprint density at radius 2 is 1.86 bits per heavy atom. The molecule has 1 aromatic carbocycles. The van der Waals surface area contributed by atoms with Crippen molar-refractivity contribution >= 4 is 34.4 Å². The largest absolute Gasteiger partial charge is 0.368 e. The van der Waals surface area contributed by atoms with Crippen molar-refractivity contribution < 1.29 is 0 Å². The van der Waals surface area contributed by atoms with E-state index in [4.69, 9.17) is 5.73 Å². The van der Waals surface area contributed by atoms with Gasteiger partial charge in [-0.05, 0) is 41.8 Å². The number of hydrogen-bond acceptors (Lipinski definition) is 5. The number of nitrogens with zero attached hydrogens (tertiary/aromatic N) is 4. The van der Waals surface area contributed by atoms with Gasteiger partial charge in [-0.1, -0.05) is 12.1 Å². The molecule has 1 aromatic heterocycles. The molecule has 0 bridgehead atoms. The summed E-state index contributed by atoms with van der Waals surface area (Å²) in [6.07, 6.45) is 0. The fraction of sp³-hybridized carbons (Fsp3) is 0.333. The lowest BCUT2D eigenvalue weighted by atomic mass is 10.1. The molecule has 1 aliphatic heterocycles. The van der Waals surface area contributed by atoms with Crippen molar-refractivity contribution in [1.82, 2.24) is 14.9 Å². The Hall–Kier alpha value is -1.41. The van der Waals surface area contributed by atoms with E-state index in [-0.39, 0.29) is 0 Å². The molecule has 1 aliphatic rings. The fourth-order valence-electron chi connectivity index (χ4n) is 2.45. The number of nitrogens with two attached hydrogens (primary N) is 1. The van der Waals surface area contributed by atoms with Gasteiger partial charge in [0.05, 0.1) is 5.69 Å². The van der Waals surface area contributed by atoms with Crippen LogP contribution in [0.4, 0.5) is 11.8 Å². The lowest BCUT2D eigenvalue weighted by Gasteiger charge is -2.33. The molecular weight excluding hydrogens is 377 g/mol. The first-order chi connectivity index (χ1) is 10.1. The summed E-state index contributed by atoms with van der Waals surface area (Å²) in [5, 5.41) is 0. The molecule has 110 valence electrons. The fourth-order valence-corrected chi connectivity index (χ4v) is 2.99. The van der Waals surface area contributed by atoms with Gasteiger partial charge < -0.3 is 15.5 Å². The number of likely N-dealkylation sites (N-methyl/N-ethyl adjacent to an activating group) is 1. The van der Waals surface area contributed by atoms with Crippen LogP contribution in [0.15, 0.2) is 30.3 Å². The van der Waals surface area contributed by atoms with E-state index in [1.165, 1.54) is 3.57 Å². The number of halogens is 1. The van der Waals surface area contributed by atoms with Gasteiger partial charge in [0.15, 0.2) is 0 Å². The lowest BCUT2D eigenvalue weighted by molar-refractivity contribution is 0.312. The van der Waals surface area contributed by atoms with Crippen LogP contribution in [0.1, 0.15) is 0 Å². The predicted molar refractivity (Wildman–Crippen MR) is 94.3 cm³/mol. The minimum atomic E-state index is 0.334. The number of anilines is 2. The molecular formula is C15H18IN5. The van der Waals surface area contributed by atoms with Gasteiger partial charge in [0.1, 0.15) is 5.82 Å². The van der Waals surface area contributed by atoms with Crippen molar-refractivity contribution in [2.75, 3.05) is 43.9 Å². The van der Waals surface area contributed by atoms with Gasteiger partial charge in [-0.2, -0.15) is 4.98 Å². The van der Waals surface area contributed by atoms with Gasteiger partial charge in [0.2, 0.25) is 5.95 Å². The molecule has 3 rings (SSSR count). The summed E-state index contributed by atoms with van der Waals surface area (Å²) in [4.78, 5) is 13.4. The summed E-state index contributed by atoms with van der Waals surface area (Å²) in [5.74, 6) is 1.25. The van der Waals surface area contributed by atoms with Crippen molar-refractivity contribution in [3.63, 3.8) is 0 Å². The maximum atomic E-state index is 5.91. The third kappa shape index (κ3) is 3.44. The normalized spacial score (nSPS) is 16.2. The van der Waals surface area contributed by atoms with Gasteiger partial charge in [-0.3, -0.25) is 0 Å². The molecule has 21 heavy (non-hydrogen) atoms. The average molecular weight is 395 g/mol. The minimum absolute atomic E-state index is 0.334. The summed E-state index contributed by atoms with van der Waals surface area (Å²) in [6, 6.07) is 10.3. The Bertz CT molecular complexity index is 638. The van der Waals surface area contributed by atoms with Crippen molar-refractivity contribution in [3.8, 4) is 11.3 Å². The molecule has 2 aromatic rings. The highest BCUT2D eigenvalue weighted by Crippen LogP contribution is 2.24. The van der Waals surface area contributed by atoms with Gasteiger partial charge in [-0.15, -0.1) is 0 Å². The second-order valence-electron chi connectivity index (χ2n) is 5.27. The first kappa shape index (κ1) is 14.5. The van der Waals surface area contributed by atoms with E-state index < -0.39 is 0 Å². The molecule has 0 saturated carbocycles. The van der Waals surface area contributed by atoms with E-state index in [9.17, 15) is 0 Å². The van der Waals surface area contributed by atoms with Crippen molar-refractivity contribution in [2.45, 2.75) is 0 Å². The number of hydrogen-bond donors (Lipinski definition) is 1. The minimum Gasteiger partial charge on any atom is -0.368 e. The summed E-state index contributed by atoms with van der Waals surface area (Å²) < 4.78 is 1.18. The van der Waals surface area contributed by atoms with Crippen LogP contribution >= 0.6 is 22.6 Å². The molecule has 0 unspecified atom stereocenters. The molecule has 0 aliphatic carbocycles. The second-order valence-corrected chi connectivity index (χ2v) is 6.52. The molecule has 0 atom stereocenters. The van der Waals surface area contributed by atoms with Crippen LogP contribution in [0, 0.1) is 3.57 Å². The molecule has 2 heterocycles. The Balaban J connectivity index is 1.93. The zero-order valence-electron chi connectivity index (χ0n) is 12.0.